The Morgan fingerprint density at radius 2 is 2.00 bits per heavy atom. The number of aromatic nitrogens is 1. The lowest BCUT2D eigenvalue weighted by Gasteiger charge is -2.31. The van der Waals surface area contributed by atoms with Crippen molar-refractivity contribution in [2.75, 3.05) is 18.5 Å². The third kappa shape index (κ3) is 4.55. The number of amides is 1. The Labute approximate surface area is 197 Å². The fraction of sp³-hybridized carbons (Fsp3) is 0.385. The van der Waals surface area contributed by atoms with Gasteiger partial charge in [0.15, 0.2) is 11.4 Å². The van der Waals surface area contributed by atoms with E-state index in [1.807, 2.05) is 43.3 Å². The summed E-state index contributed by atoms with van der Waals surface area (Å²) in [6, 6.07) is 14.4. The Hall–Kier alpha value is -3.06. The second-order valence-electron chi connectivity index (χ2n) is 8.69. The molecule has 7 heteroatoms. The lowest BCUT2D eigenvalue weighted by molar-refractivity contribution is -0.118. The zero-order chi connectivity index (χ0) is 22.8. The summed E-state index contributed by atoms with van der Waals surface area (Å²) in [7, 11) is 0. The van der Waals surface area contributed by atoms with Crippen molar-refractivity contribution in [1.82, 2.24) is 4.57 Å². The zero-order valence-corrected chi connectivity index (χ0v) is 19.9. The first kappa shape index (κ1) is 21.8. The number of thiazole rings is 1. The van der Waals surface area contributed by atoms with Gasteiger partial charge in [0, 0.05) is 17.0 Å². The van der Waals surface area contributed by atoms with Gasteiger partial charge in [-0.2, -0.15) is 0 Å². The molecule has 1 N–H and O–H groups in total. The summed E-state index contributed by atoms with van der Waals surface area (Å²) >= 11 is 1.66. The van der Waals surface area contributed by atoms with Crippen molar-refractivity contribution in [3.05, 3.63) is 52.6 Å². The first-order valence-electron chi connectivity index (χ1n) is 11.7. The van der Waals surface area contributed by atoms with E-state index in [1.54, 1.807) is 11.3 Å². The van der Waals surface area contributed by atoms with Crippen molar-refractivity contribution in [2.24, 2.45) is 10.9 Å². The van der Waals surface area contributed by atoms with Crippen molar-refractivity contribution in [1.29, 1.82) is 0 Å². The molecule has 0 saturated heterocycles. The minimum Gasteiger partial charge on any atom is -0.494 e. The van der Waals surface area contributed by atoms with E-state index in [-0.39, 0.29) is 12.5 Å². The molecule has 1 aliphatic carbocycles. The van der Waals surface area contributed by atoms with Gasteiger partial charge < -0.3 is 19.4 Å². The molecule has 1 saturated carbocycles. The van der Waals surface area contributed by atoms with Crippen LogP contribution in [0.5, 0.6) is 11.5 Å². The molecule has 2 unspecified atom stereocenters. The summed E-state index contributed by atoms with van der Waals surface area (Å²) in [5, 5.41) is 5.12. The van der Waals surface area contributed by atoms with Crippen LogP contribution in [0.25, 0.3) is 11.3 Å². The number of anilines is 1. The van der Waals surface area contributed by atoms with E-state index in [4.69, 9.17) is 14.5 Å². The van der Waals surface area contributed by atoms with E-state index in [0.29, 0.717) is 24.3 Å². The van der Waals surface area contributed by atoms with E-state index in [2.05, 4.69) is 28.3 Å². The average Bonchev–Trinajstić information content (AvgIpc) is 3.23. The maximum atomic E-state index is 11.8. The highest BCUT2D eigenvalue weighted by Crippen LogP contribution is 2.38. The number of ether oxygens (including phenoxy) is 2. The van der Waals surface area contributed by atoms with Crippen LogP contribution in [0.15, 0.2) is 52.8 Å². The molecular weight excluding hydrogens is 434 g/mol. The van der Waals surface area contributed by atoms with Gasteiger partial charge in [0.05, 0.1) is 23.7 Å². The van der Waals surface area contributed by atoms with Crippen LogP contribution in [-0.4, -0.2) is 23.7 Å². The number of nitrogens with zero attached hydrogens (tertiary/aromatic N) is 2. The van der Waals surface area contributed by atoms with Crippen LogP contribution in [-0.2, 0) is 4.79 Å². The quantitative estimate of drug-likeness (QED) is 0.510. The van der Waals surface area contributed by atoms with E-state index in [9.17, 15) is 4.79 Å². The summed E-state index contributed by atoms with van der Waals surface area (Å²) < 4.78 is 13.5. The molecule has 6 nitrogen and oxygen atoms in total. The van der Waals surface area contributed by atoms with Crippen LogP contribution in [0.1, 0.15) is 45.6 Å². The van der Waals surface area contributed by atoms with Crippen molar-refractivity contribution in [2.45, 2.75) is 45.6 Å². The van der Waals surface area contributed by atoms with Crippen molar-refractivity contribution in [3.63, 3.8) is 0 Å². The maximum absolute atomic E-state index is 11.8. The van der Waals surface area contributed by atoms with Gasteiger partial charge in [0.2, 0.25) is 0 Å². The maximum Gasteiger partial charge on any atom is 0.262 e. The Morgan fingerprint density at radius 3 is 2.79 bits per heavy atom. The predicted molar refractivity (Wildman–Crippen MR) is 131 cm³/mol. The molecule has 1 aliphatic heterocycles. The van der Waals surface area contributed by atoms with Gasteiger partial charge in [-0.05, 0) is 68.1 Å². The second kappa shape index (κ2) is 9.43. The summed E-state index contributed by atoms with van der Waals surface area (Å²) in [5.41, 5.74) is 3.83. The van der Waals surface area contributed by atoms with Crippen molar-refractivity contribution < 1.29 is 14.3 Å². The summed E-state index contributed by atoms with van der Waals surface area (Å²) in [5.74, 6) is 2.03. The number of carbonyl (C=O) groups excluding carboxylic acids is 1. The molecule has 0 bridgehead atoms. The zero-order valence-electron chi connectivity index (χ0n) is 19.0. The molecule has 172 valence electrons. The Balaban J connectivity index is 1.59. The van der Waals surface area contributed by atoms with Gasteiger partial charge in [-0.15, -0.1) is 11.3 Å². The standard InChI is InChI=1S/C26H29N3O3S/c1-3-31-20-11-9-19(10-12-20)27-26-29(22-7-5-4-6-17(22)2)23(16-33-26)18-8-13-24-21(14-18)28-25(30)15-32-24/h8-14,16-17,22H,3-7,15H2,1-2H3,(H,28,30). The van der Waals surface area contributed by atoms with E-state index in [1.165, 1.54) is 19.3 Å². The van der Waals surface area contributed by atoms with Crippen molar-refractivity contribution >= 4 is 28.6 Å². The lowest BCUT2D eigenvalue weighted by atomic mass is 9.85. The van der Waals surface area contributed by atoms with Crippen LogP contribution in [0.2, 0.25) is 0 Å². The largest absolute Gasteiger partial charge is 0.494 e. The number of hydrogen-bond donors (Lipinski definition) is 1. The van der Waals surface area contributed by atoms with Gasteiger partial charge in [-0.1, -0.05) is 19.8 Å². The van der Waals surface area contributed by atoms with Crippen LogP contribution in [0.3, 0.4) is 0 Å². The third-order valence-electron chi connectivity index (χ3n) is 6.42. The lowest BCUT2D eigenvalue weighted by Crippen LogP contribution is -2.29. The van der Waals surface area contributed by atoms with E-state index < -0.39 is 0 Å². The molecule has 0 spiro atoms. The first-order valence-corrected chi connectivity index (χ1v) is 12.5. The highest BCUT2D eigenvalue weighted by atomic mass is 32.1. The number of rotatable bonds is 5. The number of benzene rings is 2. The molecule has 1 aromatic heterocycles. The first-order chi connectivity index (χ1) is 16.1. The fourth-order valence-electron chi connectivity index (χ4n) is 4.75. The van der Waals surface area contributed by atoms with Crippen LogP contribution in [0, 0.1) is 5.92 Å². The Kier molecular flexibility index (Phi) is 6.22. The van der Waals surface area contributed by atoms with Gasteiger partial charge in [0.25, 0.3) is 5.91 Å². The number of hydrogen-bond acceptors (Lipinski definition) is 5. The van der Waals surface area contributed by atoms with E-state index >= 15 is 0 Å². The number of nitrogens with one attached hydrogen (secondary N) is 1. The predicted octanol–water partition coefficient (Wildman–Crippen LogP) is 5.93. The second-order valence-corrected chi connectivity index (χ2v) is 9.53. The molecule has 33 heavy (non-hydrogen) atoms. The number of carbonyl (C=O) groups is 1. The van der Waals surface area contributed by atoms with Gasteiger partial charge in [-0.3, -0.25) is 4.79 Å². The smallest absolute Gasteiger partial charge is 0.262 e. The van der Waals surface area contributed by atoms with Crippen molar-refractivity contribution in [3.8, 4) is 22.8 Å². The normalized spacial score (nSPS) is 20.7. The highest BCUT2D eigenvalue weighted by Gasteiger charge is 2.27. The highest BCUT2D eigenvalue weighted by molar-refractivity contribution is 7.07. The Bertz CT molecular complexity index is 1210. The number of fused-ring (bicyclic) bond motifs is 1. The van der Waals surface area contributed by atoms with Gasteiger partial charge >= 0.3 is 0 Å². The van der Waals surface area contributed by atoms with Gasteiger partial charge in [-0.25, -0.2) is 4.99 Å². The van der Waals surface area contributed by atoms with Gasteiger partial charge in [0.1, 0.15) is 11.5 Å². The molecular formula is C26H29N3O3S. The topological polar surface area (TPSA) is 64.8 Å². The van der Waals surface area contributed by atoms with Crippen LogP contribution < -0.4 is 19.6 Å². The summed E-state index contributed by atoms with van der Waals surface area (Å²) in [6.07, 6.45) is 4.88. The minimum absolute atomic E-state index is 0.0650. The third-order valence-corrected chi connectivity index (χ3v) is 7.26. The SMILES string of the molecule is CCOc1ccc(N=c2scc(-c3ccc4c(c3)NC(=O)CO4)n2C2CCCCC2C)cc1. The fourth-order valence-corrected chi connectivity index (χ4v) is 5.72. The summed E-state index contributed by atoms with van der Waals surface area (Å²) in [4.78, 5) is 17.9. The molecule has 2 atom stereocenters. The van der Waals surface area contributed by atoms with E-state index in [0.717, 1.165) is 39.6 Å². The van der Waals surface area contributed by atoms with Crippen LogP contribution >= 0.6 is 11.3 Å². The summed E-state index contributed by atoms with van der Waals surface area (Å²) in [6.45, 7) is 5.05. The molecule has 0 radical (unpaired) electrons. The van der Waals surface area contributed by atoms with Crippen LogP contribution in [0.4, 0.5) is 11.4 Å². The average molecular weight is 464 g/mol. The molecule has 2 aromatic carbocycles. The monoisotopic (exact) mass is 463 g/mol. The molecule has 2 aliphatic rings. The molecule has 2 heterocycles. The molecule has 1 amide bonds. The molecule has 3 aromatic rings. The Morgan fingerprint density at radius 1 is 1.18 bits per heavy atom. The minimum atomic E-state index is -0.120. The molecule has 1 fully saturated rings. The molecule has 5 rings (SSSR count).